The maximum atomic E-state index is 12.9. The van der Waals surface area contributed by atoms with Crippen molar-refractivity contribution in [3.05, 3.63) is 78.9 Å². The summed E-state index contributed by atoms with van der Waals surface area (Å²) in [4.78, 5) is 81.9. The second-order valence-electron chi connectivity index (χ2n) is 14.2. The van der Waals surface area contributed by atoms with Gasteiger partial charge in [-0.1, -0.05) is 41.5 Å². The molecule has 0 heterocycles. The minimum Gasteiger partial charge on any atom is -0.459 e. The fraction of sp³-hybridized carbons (Fsp3) is 0.485. The molecule has 0 N–H and O–H groups in total. The molecule has 0 saturated heterocycles. The van der Waals surface area contributed by atoms with Gasteiger partial charge in [-0.05, 0) is 45.0 Å². The van der Waals surface area contributed by atoms with Crippen LogP contribution in [0.2, 0.25) is 0 Å². The molecule has 2 aromatic rings. The Labute approximate surface area is 287 Å². The van der Waals surface area contributed by atoms with E-state index in [1.807, 2.05) is 0 Å². The van der Waals surface area contributed by atoms with Gasteiger partial charge < -0.3 is 4.74 Å². The first-order valence-electron chi connectivity index (χ1n) is 14.8. The molecule has 0 amide bonds. The zero-order valence-corrected chi connectivity index (χ0v) is 29.0. The first kappa shape index (κ1) is 44.0. The molecular formula is C33H36F6N2O10. The highest BCUT2D eigenvalue weighted by molar-refractivity contribution is 6.24. The number of ether oxygens (including phenoxy) is 1. The van der Waals surface area contributed by atoms with E-state index in [1.165, 1.54) is 41.5 Å². The number of benzene rings is 2. The summed E-state index contributed by atoms with van der Waals surface area (Å²) in [7, 11) is 0. The molecule has 0 spiro atoms. The highest BCUT2D eigenvalue weighted by Gasteiger charge is 2.45. The summed E-state index contributed by atoms with van der Waals surface area (Å²) >= 11 is 0. The van der Waals surface area contributed by atoms with Crippen LogP contribution in [0.15, 0.2) is 36.4 Å². The van der Waals surface area contributed by atoms with Crippen molar-refractivity contribution in [1.82, 2.24) is 0 Å². The number of esters is 1. The normalized spacial score (nSPS) is 12.9. The number of Topliss-reactive ketones (excluding diaryl/α,β-unsaturated/α-hetero) is 4. The Morgan fingerprint density at radius 1 is 0.667 bits per heavy atom. The van der Waals surface area contributed by atoms with Gasteiger partial charge >= 0.3 is 18.3 Å². The van der Waals surface area contributed by atoms with Gasteiger partial charge in [0.15, 0.2) is 23.3 Å². The fourth-order valence-corrected chi connectivity index (χ4v) is 3.95. The van der Waals surface area contributed by atoms with Gasteiger partial charge in [0.25, 0.3) is 11.4 Å². The number of nitrogens with zero attached hydrogens (tertiary/aromatic N) is 2. The number of nitro groups is 2. The number of halogens is 6. The molecule has 1 unspecified atom stereocenters. The van der Waals surface area contributed by atoms with Crippen molar-refractivity contribution < 1.29 is 64.9 Å². The molecule has 51 heavy (non-hydrogen) atoms. The Bertz CT molecular complexity index is 1730. The molecule has 12 nitrogen and oxygen atoms in total. The highest BCUT2D eigenvalue weighted by atomic mass is 19.4. The smallest absolute Gasteiger partial charge is 0.416 e. The Morgan fingerprint density at radius 2 is 1.06 bits per heavy atom. The lowest BCUT2D eigenvalue weighted by molar-refractivity contribution is -0.385. The Hall–Kier alpha value is -5.03. The largest absolute Gasteiger partial charge is 0.459 e. The molecule has 0 aliphatic rings. The van der Waals surface area contributed by atoms with Crippen LogP contribution in [-0.4, -0.2) is 44.5 Å². The molecule has 1 atom stereocenters. The second kappa shape index (κ2) is 15.5. The molecule has 0 aliphatic heterocycles. The zero-order valence-electron chi connectivity index (χ0n) is 29.0. The van der Waals surface area contributed by atoms with Gasteiger partial charge in [-0.2, -0.15) is 26.3 Å². The van der Waals surface area contributed by atoms with E-state index in [1.54, 1.807) is 20.8 Å². The third-order valence-electron chi connectivity index (χ3n) is 6.67. The van der Waals surface area contributed by atoms with E-state index in [0.29, 0.717) is 24.3 Å². The van der Waals surface area contributed by atoms with E-state index in [-0.39, 0.29) is 6.07 Å². The molecule has 0 aromatic heterocycles. The summed E-state index contributed by atoms with van der Waals surface area (Å²) in [5.41, 5.74) is -9.04. The van der Waals surface area contributed by atoms with E-state index in [2.05, 4.69) is 0 Å². The Balaban J connectivity index is 0.000000530. The Morgan fingerprint density at radius 3 is 1.39 bits per heavy atom. The summed E-state index contributed by atoms with van der Waals surface area (Å²) in [6.45, 7) is 13.5. The van der Waals surface area contributed by atoms with Crippen LogP contribution in [0.1, 0.15) is 101 Å². The van der Waals surface area contributed by atoms with Crippen molar-refractivity contribution in [1.29, 1.82) is 0 Å². The van der Waals surface area contributed by atoms with Crippen LogP contribution < -0.4 is 0 Å². The van der Waals surface area contributed by atoms with Gasteiger partial charge in [0.2, 0.25) is 0 Å². The predicted molar refractivity (Wildman–Crippen MR) is 168 cm³/mol. The topological polar surface area (TPSA) is 181 Å². The summed E-state index contributed by atoms with van der Waals surface area (Å²) in [6, 6.07) is 2.89. The van der Waals surface area contributed by atoms with Crippen molar-refractivity contribution in [2.45, 2.75) is 86.7 Å². The van der Waals surface area contributed by atoms with Crippen LogP contribution in [0.4, 0.5) is 37.7 Å². The number of ketones is 4. The number of carbonyl (C=O) groups is 5. The van der Waals surface area contributed by atoms with E-state index in [0.717, 1.165) is 6.07 Å². The number of alkyl halides is 6. The average Bonchev–Trinajstić information content (AvgIpc) is 2.93. The second-order valence-corrected chi connectivity index (χ2v) is 14.2. The molecule has 0 aliphatic carbocycles. The molecule has 0 fully saturated rings. The van der Waals surface area contributed by atoms with E-state index in [9.17, 15) is 70.5 Å². The average molecular weight is 735 g/mol. The number of carbonyl (C=O) groups excluding carboxylic acids is 5. The molecule has 0 radical (unpaired) electrons. The van der Waals surface area contributed by atoms with E-state index >= 15 is 0 Å². The summed E-state index contributed by atoms with van der Waals surface area (Å²) in [6.07, 6.45) is -10.2. The third-order valence-corrected chi connectivity index (χ3v) is 6.67. The van der Waals surface area contributed by atoms with Gasteiger partial charge in [-0.3, -0.25) is 44.2 Å². The molecule has 280 valence electrons. The van der Waals surface area contributed by atoms with Crippen molar-refractivity contribution in [2.75, 3.05) is 0 Å². The van der Waals surface area contributed by atoms with Crippen LogP contribution in [0.3, 0.4) is 0 Å². The quantitative estimate of drug-likeness (QED) is 0.0609. The maximum absolute atomic E-state index is 12.9. The number of hydrogen-bond acceptors (Lipinski definition) is 10. The van der Waals surface area contributed by atoms with Gasteiger partial charge in [-0.15, -0.1) is 0 Å². The standard InChI is InChI=1S/C19H22F3NO6.C14H14F3NO4/c1-17(2,3)15(25)13(16(26)29-18(4,5)6)14(24)11-8-7-10(19(20,21)22)9-12(11)23(27)28;1-13(2,3)12(20)7-11(19)9-5-4-8(14(15,16)17)6-10(9)18(21)22/h7-9,13H,1-6H3;4-6H,7H2,1-3H3. The van der Waals surface area contributed by atoms with Gasteiger partial charge in [-0.25, -0.2) is 0 Å². The first-order valence-corrected chi connectivity index (χ1v) is 14.8. The van der Waals surface area contributed by atoms with Crippen LogP contribution in [0.25, 0.3) is 0 Å². The summed E-state index contributed by atoms with van der Waals surface area (Å²) in [5, 5.41) is 22.2. The molecular weight excluding hydrogens is 698 g/mol. The third kappa shape index (κ3) is 12.4. The van der Waals surface area contributed by atoms with Crippen molar-refractivity contribution in [3.63, 3.8) is 0 Å². The molecule has 0 bridgehead atoms. The SMILES string of the molecule is CC(C)(C)C(=O)CC(=O)c1ccc(C(F)(F)F)cc1[N+](=O)[O-].CC(C)(C)OC(=O)C(C(=O)c1ccc(C(F)(F)F)cc1[N+](=O)[O-])C(=O)C(C)(C)C. The molecule has 18 heteroatoms. The minimum atomic E-state index is -4.88. The summed E-state index contributed by atoms with van der Waals surface area (Å²) < 4.78 is 81.5. The van der Waals surface area contributed by atoms with Crippen LogP contribution in [0.5, 0.6) is 0 Å². The maximum Gasteiger partial charge on any atom is 0.416 e. The lowest BCUT2D eigenvalue weighted by atomic mass is 9.79. The van der Waals surface area contributed by atoms with Crippen molar-refractivity contribution in [2.24, 2.45) is 16.7 Å². The zero-order chi connectivity index (χ0) is 40.2. The predicted octanol–water partition coefficient (Wildman–Crippen LogP) is 8.17. The van der Waals surface area contributed by atoms with Crippen molar-refractivity contribution >= 4 is 40.5 Å². The van der Waals surface area contributed by atoms with Crippen LogP contribution in [-0.2, 0) is 31.5 Å². The molecule has 2 rings (SSSR count). The number of nitro benzene ring substituents is 2. The first-order chi connectivity index (χ1) is 22.7. The van der Waals surface area contributed by atoms with E-state index < -0.39 is 114 Å². The number of hydrogen-bond donors (Lipinski definition) is 0. The highest BCUT2D eigenvalue weighted by Crippen LogP contribution is 2.36. The fourth-order valence-electron chi connectivity index (χ4n) is 3.95. The van der Waals surface area contributed by atoms with Crippen LogP contribution >= 0.6 is 0 Å². The van der Waals surface area contributed by atoms with Gasteiger partial charge in [0, 0.05) is 23.0 Å². The van der Waals surface area contributed by atoms with E-state index in [4.69, 9.17) is 4.74 Å². The lowest BCUT2D eigenvalue weighted by Gasteiger charge is -2.26. The molecule has 2 aromatic carbocycles. The lowest BCUT2D eigenvalue weighted by Crippen LogP contribution is -2.42. The van der Waals surface area contributed by atoms with Gasteiger partial charge in [0.05, 0.1) is 38.5 Å². The minimum absolute atomic E-state index is 0.195. The Kier molecular flexibility index (Phi) is 13.3. The molecule has 0 saturated carbocycles. The monoisotopic (exact) mass is 734 g/mol. The van der Waals surface area contributed by atoms with Gasteiger partial charge in [0.1, 0.15) is 11.4 Å². The number of rotatable bonds is 9. The van der Waals surface area contributed by atoms with Crippen LogP contribution in [0, 0.1) is 37.0 Å². The van der Waals surface area contributed by atoms with Crippen molar-refractivity contribution in [3.8, 4) is 0 Å². The summed E-state index contributed by atoms with van der Waals surface area (Å²) in [5.74, 6) is -6.76.